The van der Waals surface area contributed by atoms with Crippen LogP contribution in [0.4, 0.5) is 0 Å². The number of ether oxygens (including phenoxy) is 2. The number of carbonyl (C=O) groups excluding carboxylic acids is 3. The third-order valence-corrected chi connectivity index (χ3v) is 3.41. The Bertz CT molecular complexity index is 419. The number of nitrogens with one attached hydrogen (secondary N) is 1. The van der Waals surface area contributed by atoms with Crippen LogP contribution in [0.5, 0.6) is 0 Å². The van der Waals surface area contributed by atoms with Gasteiger partial charge in [0.25, 0.3) is 12.3 Å². The molecule has 3 atom stereocenters. The summed E-state index contributed by atoms with van der Waals surface area (Å²) < 4.78 is 10.1. The van der Waals surface area contributed by atoms with E-state index >= 15 is 0 Å². The lowest BCUT2D eigenvalue weighted by Crippen LogP contribution is -2.55. The zero-order chi connectivity index (χ0) is 13.3. The third-order valence-electron chi connectivity index (χ3n) is 3.41. The Morgan fingerprint density at radius 3 is 2.94 bits per heavy atom. The van der Waals surface area contributed by atoms with Crippen molar-refractivity contribution in [1.29, 1.82) is 0 Å². The molecule has 1 amide bonds. The van der Waals surface area contributed by atoms with Crippen molar-refractivity contribution < 1.29 is 23.9 Å². The predicted molar refractivity (Wildman–Crippen MR) is 60.1 cm³/mol. The van der Waals surface area contributed by atoms with E-state index < -0.39 is 11.8 Å². The summed E-state index contributed by atoms with van der Waals surface area (Å²) in [6, 6.07) is -0.519. The first-order chi connectivity index (χ1) is 8.48. The van der Waals surface area contributed by atoms with Gasteiger partial charge in [-0.2, -0.15) is 0 Å². The maximum atomic E-state index is 11.6. The lowest BCUT2D eigenvalue weighted by Gasteiger charge is -2.36. The van der Waals surface area contributed by atoms with E-state index in [-0.39, 0.29) is 24.3 Å². The summed E-state index contributed by atoms with van der Waals surface area (Å²) in [5.74, 6) is -2.30. The monoisotopic (exact) mass is 253 g/mol. The number of fused-ring (bicyclic) bond motifs is 2. The zero-order valence-corrected chi connectivity index (χ0v) is 10.1. The molecule has 1 saturated carbocycles. The van der Waals surface area contributed by atoms with E-state index in [0.717, 1.165) is 0 Å². The third kappa shape index (κ3) is 1.98. The summed E-state index contributed by atoms with van der Waals surface area (Å²) in [4.78, 5) is 33.8. The molecule has 0 aromatic rings. The molecule has 1 aliphatic heterocycles. The van der Waals surface area contributed by atoms with Crippen LogP contribution in [0, 0.1) is 5.92 Å². The minimum Gasteiger partial charge on any atom is -0.422 e. The number of amides is 1. The molecule has 0 aromatic heterocycles. The lowest BCUT2D eigenvalue weighted by molar-refractivity contribution is -0.216. The molecule has 18 heavy (non-hydrogen) atoms. The molecule has 1 aliphatic carbocycles. The van der Waals surface area contributed by atoms with Crippen LogP contribution in [-0.4, -0.2) is 30.2 Å². The minimum atomic E-state index is -1.34. The summed E-state index contributed by atoms with van der Waals surface area (Å²) in [5.41, 5.74) is 0.350. The number of rotatable bonds is 4. The normalized spacial score (nSPS) is 33.5. The molecule has 6 nitrogen and oxygen atoms in total. The van der Waals surface area contributed by atoms with Gasteiger partial charge in [-0.15, -0.1) is 0 Å². The minimum absolute atomic E-state index is 0.247. The second-order valence-electron chi connectivity index (χ2n) is 4.73. The molecule has 3 unspecified atom stereocenters. The van der Waals surface area contributed by atoms with Gasteiger partial charge in [0.1, 0.15) is 6.04 Å². The molecule has 98 valence electrons. The fourth-order valence-corrected chi connectivity index (χ4v) is 2.44. The maximum absolute atomic E-state index is 11.6. The highest BCUT2D eigenvalue weighted by Gasteiger charge is 2.57. The van der Waals surface area contributed by atoms with Crippen molar-refractivity contribution in [3.8, 4) is 0 Å². The smallest absolute Gasteiger partial charge is 0.312 e. The molecule has 2 aliphatic rings. The van der Waals surface area contributed by atoms with Crippen molar-refractivity contribution in [2.24, 2.45) is 5.92 Å². The molecule has 0 aromatic carbocycles. The van der Waals surface area contributed by atoms with Crippen molar-refractivity contribution in [2.45, 2.75) is 38.0 Å². The van der Waals surface area contributed by atoms with Gasteiger partial charge in [-0.3, -0.25) is 14.4 Å². The maximum Gasteiger partial charge on any atom is 0.312 e. The van der Waals surface area contributed by atoms with E-state index in [1.807, 2.05) is 0 Å². The molecule has 2 bridgehead atoms. The molecular weight excluding hydrogens is 238 g/mol. The average molecular weight is 253 g/mol. The Labute approximate surface area is 104 Å². The predicted octanol–water partition coefficient (Wildman–Crippen LogP) is 0.273. The van der Waals surface area contributed by atoms with Gasteiger partial charge in [-0.25, -0.2) is 0 Å². The Morgan fingerprint density at radius 1 is 1.61 bits per heavy atom. The summed E-state index contributed by atoms with van der Waals surface area (Å²) in [6.07, 6.45) is 1.44. The number of carbonyl (C=O) groups is 3. The molecule has 1 N–H and O–H groups in total. The number of esters is 1. The SMILES string of the molecule is C=C(C)C(=O)NC1CCC2CC1(OC=O)OC2=O. The van der Waals surface area contributed by atoms with Crippen LogP contribution in [0.25, 0.3) is 0 Å². The van der Waals surface area contributed by atoms with Crippen molar-refractivity contribution in [3.63, 3.8) is 0 Å². The highest BCUT2D eigenvalue weighted by atomic mass is 16.7. The van der Waals surface area contributed by atoms with Crippen molar-refractivity contribution in [3.05, 3.63) is 12.2 Å². The van der Waals surface area contributed by atoms with Crippen LogP contribution < -0.4 is 5.32 Å². The molecule has 2 fully saturated rings. The van der Waals surface area contributed by atoms with Crippen LogP contribution in [0.1, 0.15) is 26.2 Å². The van der Waals surface area contributed by atoms with E-state index in [0.29, 0.717) is 24.8 Å². The van der Waals surface area contributed by atoms with Gasteiger partial charge in [0.05, 0.1) is 5.92 Å². The Morgan fingerprint density at radius 2 is 2.33 bits per heavy atom. The first kappa shape index (κ1) is 12.6. The number of hydrogen-bond acceptors (Lipinski definition) is 5. The fourth-order valence-electron chi connectivity index (χ4n) is 2.44. The van der Waals surface area contributed by atoms with Gasteiger partial charge in [-0.1, -0.05) is 6.58 Å². The largest absolute Gasteiger partial charge is 0.422 e. The molecule has 2 rings (SSSR count). The van der Waals surface area contributed by atoms with Crippen LogP contribution in [0.3, 0.4) is 0 Å². The highest BCUT2D eigenvalue weighted by Crippen LogP contribution is 2.43. The Hall–Kier alpha value is -1.85. The van der Waals surface area contributed by atoms with Crippen LogP contribution in [-0.2, 0) is 23.9 Å². The lowest BCUT2D eigenvalue weighted by atomic mass is 9.84. The second kappa shape index (κ2) is 4.44. The molecule has 6 heteroatoms. The van der Waals surface area contributed by atoms with Crippen LogP contribution in [0.15, 0.2) is 12.2 Å². The average Bonchev–Trinajstić information content (AvgIpc) is 2.56. The fraction of sp³-hybridized carbons (Fsp3) is 0.583. The van der Waals surface area contributed by atoms with Crippen molar-refractivity contribution in [2.75, 3.05) is 0 Å². The Kier molecular flexibility index (Phi) is 3.11. The molecule has 1 saturated heterocycles. The van der Waals surface area contributed by atoms with Gasteiger partial charge in [-0.05, 0) is 19.8 Å². The molecule has 0 spiro atoms. The van der Waals surface area contributed by atoms with Crippen molar-refractivity contribution >= 4 is 18.3 Å². The van der Waals surface area contributed by atoms with E-state index in [4.69, 9.17) is 9.47 Å². The van der Waals surface area contributed by atoms with Crippen molar-refractivity contribution in [1.82, 2.24) is 5.32 Å². The van der Waals surface area contributed by atoms with E-state index in [1.165, 1.54) is 0 Å². The summed E-state index contributed by atoms with van der Waals surface area (Å²) >= 11 is 0. The van der Waals surface area contributed by atoms with Gasteiger partial charge in [0, 0.05) is 12.0 Å². The Balaban J connectivity index is 2.18. The number of hydrogen-bond donors (Lipinski definition) is 1. The second-order valence-corrected chi connectivity index (χ2v) is 4.73. The first-order valence-electron chi connectivity index (χ1n) is 5.79. The topological polar surface area (TPSA) is 81.7 Å². The van der Waals surface area contributed by atoms with E-state index in [2.05, 4.69) is 11.9 Å². The zero-order valence-electron chi connectivity index (χ0n) is 10.1. The molecular formula is C12H15NO5. The van der Waals surface area contributed by atoms with Crippen LogP contribution >= 0.6 is 0 Å². The van der Waals surface area contributed by atoms with Gasteiger partial charge >= 0.3 is 5.97 Å². The summed E-state index contributed by atoms with van der Waals surface area (Å²) in [6.45, 7) is 5.36. The summed E-state index contributed by atoms with van der Waals surface area (Å²) in [5, 5.41) is 2.69. The van der Waals surface area contributed by atoms with E-state index in [9.17, 15) is 14.4 Å². The quantitative estimate of drug-likeness (QED) is 0.442. The molecule has 1 heterocycles. The van der Waals surface area contributed by atoms with E-state index in [1.54, 1.807) is 6.92 Å². The first-order valence-corrected chi connectivity index (χ1v) is 5.79. The van der Waals surface area contributed by atoms with Gasteiger partial charge in [0.2, 0.25) is 5.91 Å². The standard InChI is InChI=1S/C12H15NO5/c1-7(2)10(15)13-9-4-3-8-5-12(9,17-6-14)18-11(8)16/h6,8-9H,1,3-5H2,2H3,(H,13,15). The van der Waals surface area contributed by atoms with Gasteiger partial charge in [0.15, 0.2) is 0 Å². The highest BCUT2D eigenvalue weighted by molar-refractivity contribution is 5.92. The van der Waals surface area contributed by atoms with Gasteiger partial charge < -0.3 is 14.8 Å². The summed E-state index contributed by atoms with van der Waals surface area (Å²) in [7, 11) is 0. The molecule has 0 radical (unpaired) electrons. The van der Waals surface area contributed by atoms with Crippen LogP contribution in [0.2, 0.25) is 0 Å².